The number of hydrogen-bond acceptors (Lipinski definition) is 4. The standard InChI is InChI=1S/CN12.Pd/c2-10-6-1(7-11-3,8-12-4)9-13-5;. The van der Waals surface area contributed by atoms with Crippen LogP contribution < -0.4 is 0 Å². The van der Waals surface area contributed by atoms with E-state index in [9.17, 15) is 0 Å². The summed E-state index contributed by atoms with van der Waals surface area (Å²) in [5.74, 6) is -2.47. The first-order valence-corrected chi connectivity index (χ1v) is 2.49. The molecule has 0 rings (SSSR count). The van der Waals surface area contributed by atoms with Gasteiger partial charge in [-0.1, -0.05) is 20.5 Å². The Kier molecular flexibility index (Phi) is 7.78. The van der Waals surface area contributed by atoms with Crippen LogP contribution in [0.3, 0.4) is 0 Å². The van der Waals surface area contributed by atoms with Crippen LogP contribution in [0.1, 0.15) is 0 Å². The van der Waals surface area contributed by atoms with Crippen LogP contribution in [0.25, 0.3) is 41.8 Å². The molecule has 13 heteroatoms. The summed E-state index contributed by atoms with van der Waals surface area (Å²) in [5.41, 5.74) is 32.0. The predicted molar refractivity (Wildman–Crippen MR) is 39.3 cm³/mol. The van der Waals surface area contributed by atoms with Gasteiger partial charge in [-0.3, -0.25) is 0 Å². The molecule has 0 aliphatic heterocycles. The molecule has 0 saturated carbocycles. The van der Waals surface area contributed by atoms with E-state index in [1.54, 1.807) is 0 Å². The molecule has 0 aromatic heterocycles. The van der Waals surface area contributed by atoms with Gasteiger partial charge < -0.3 is 0 Å². The second-order valence-corrected chi connectivity index (χ2v) is 1.36. The van der Waals surface area contributed by atoms with Crippen molar-refractivity contribution in [1.29, 1.82) is 0 Å². The molecular formula is CN12Pd. The van der Waals surface area contributed by atoms with Gasteiger partial charge in [-0.25, -0.2) is 0 Å². The molecule has 14 heavy (non-hydrogen) atoms. The molecule has 0 aromatic rings. The smallest absolute Gasteiger partial charge is 0.0688 e. The van der Waals surface area contributed by atoms with Crippen molar-refractivity contribution in [3.05, 3.63) is 41.8 Å². The molecule has 0 radical (unpaired) electrons. The normalized spacial score (nSPS) is 10.9. The van der Waals surface area contributed by atoms with Gasteiger partial charge in [0.15, 0.2) is 0 Å². The molecule has 0 unspecified atom stereocenters. The maximum absolute atomic E-state index is 7.99. The minimum atomic E-state index is -2.47. The van der Waals surface area contributed by atoms with Crippen LogP contribution in [0.2, 0.25) is 0 Å². The molecule has 0 amide bonds. The van der Waals surface area contributed by atoms with E-state index in [-0.39, 0.29) is 20.4 Å². The molecular weight excluding hydrogens is 287 g/mol. The van der Waals surface area contributed by atoms with E-state index in [1.165, 1.54) is 0 Å². The Balaban J connectivity index is 0. The van der Waals surface area contributed by atoms with E-state index in [2.05, 4.69) is 40.1 Å². The van der Waals surface area contributed by atoms with Crippen LogP contribution >= 0.6 is 0 Å². The molecule has 0 spiro atoms. The minimum Gasteiger partial charge on any atom is -0.0688 e. The molecule has 0 N–H and O–H groups in total. The van der Waals surface area contributed by atoms with Crippen LogP contribution in [-0.4, -0.2) is 5.91 Å². The second kappa shape index (κ2) is 7.55. The summed E-state index contributed by atoms with van der Waals surface area (Å²) in [5, 5.41) is 11.0. The van der Waals surface area contributed by atoms with E-state index in [4.69, 9.17) is 22.1 Å². The molecule has 0 saturated heterocycles. The largest absolute Gasteiger partial charge is 0.281 e. The number of nitrogens with zero attached hydrogens (tertiary/aromatic N) is 12. The Labute approximate surface area is 89.1 Å². The summed E-state index contributed by atoms with van der Waals surface area (Å²) < 4.78 is 0. The van der Waals surface area contributed by atoms with Crippen molar-refractivity contribution >= 4 is 0 Å². The van der Waals surface area contributed by atoms with Crippen molar-refractivity contribution in [3.63, 3.8) is 0 Å². The third-order valence-corrected chi connectivity index (χ3v) is 0.716. The second-order valence-electron chi connectivity index (χ2n) is 1.36. The summed E-state index contributed by atoms with van der Waals surface area (Å²) in [6.45, 7) is 0. The van der Waals surface area contributed by atoms with Gasteiger partial charge in [0.05, 0.1) is 0 Å². The summed E-state index contributed by atoms with van der Waals surface area (Å²) in [6, 6.07) is 0. The van der Waals surface area contributed by atoms with Crippen molar-refractivity contribution in [2.75, 3.05) is 0 Å². The summed E-state index contributed by atoms with van der Waals surface area (Å²) in [6.07, 6.45) is 0. The zero-order valence-corrected chi connectivity index (χ0v) is 7.74. The molecule has 12 nitrogen and oxygen atoms in total. The zero-order chi connectivity index (χ0) is 10.2. The molecule has 74 valence electrons. The first-order valence-electron chi connectivity index (χ1n) is 2.49. The Morgan fingerprint density at radius 2 is 0.857 bits per heavy atom. The van der Waals surface area contributed by atoms with Crippen molar-refractivity contribution < 1.29 is 20.4 Å². The van der Waals surface area contributed by atoms with E-state index >= 15 is 0 Å². The monoisotopic (exact) mass is 286 g/mol. The van der Waals surface area contributed by atoms with Crippen molar-refractivity contribution in [2.24, 2.45) is 20.5 Å². The number of azide groups is 1. The summed E-state index contributed by atoms with van der Waals surface area (Å²) in [7, 11) is 0. The van der Waals surface area contributed by atoms with E-state index in [0.29, 0.717) is 0 Å². The van der Waals surface area contributed by atoms with E-state index in [1.807, 2.05) is 0 Å². The van der Waals surface area contributed by atoms with Gasteiger partial charge in [0.2, 0.25) is 0 Å². The van der Waals surface area contributed by atoms with E-state index < -0.39 is 5.91 Å². The summed E-state index contributed by atoms with van der Waals surface area (Å²) in [4.78, 5) is 8.78. The molecule has 0 aromatic carbocycles. The maximum atomic E-state index is 7.99. The Hall–Kier alpha value is -2.10. The minimum absolute atomic E-state index is 0. The van der Waals surface area contributed by atoms with Gasteiger partial charge in [-0.15, -0.1) is 0 Å². The van der Waals surface area contributed by atoms with Crippen molar-refractivity contribution in [2.45, 2.75) is 5.91 Å². The first kappa shape index (κ1) is 14.4. The fourth-order valence-corrected chi connectivity index (χ4v) is 0.360. The van der Waals surface area contributed by atoms with Crippen LogP contribution in [0, 0.1) is 0 Å². The number of rotatable bonds is 4. The maximum Gasteiger partial charge on any atom is 0.281 e. The van der Waals surface area contributed by atoms with Crippen LogP contribution in [-0.2, 0) is 20.4 Å². The summed E-state index contributed by atoms with van der Waals surface area (Å²) >= 11 is 0. The van der Waals surface area contributed by atoms with E-state index in [0.717, 1.165) is 0 Å². The van der Waals surface area contributed by atoms with Gasteiger partial charge in [0.1, 0.15) is 0 Å². The Morgan fingerprint density at radius 1 is 0.643 bits per heavy atom. The van der Waals surface area contributed by atoms with Gasteiger partial charge in [0.25, 0.3) is 5.91 Å². The molecule has 0 heterocycles. The average Bonchev–Trinajstić information content (AvgIpc) is 2.06. The predicted octanol–water partition coefficient (Wildman–Crippen LogP) is 2.84. The number of hydrogen-bond donors (Lipinski definition) is 0. The first-order chi connectivity index (χ1) is 6.24. The third kappa shape index (κ3) is 4.06. The van der Waals surface area contributed by atoms with Gasteiger partial charge in [-0.05, 0) is 22.1 Å². The molecule has 0 atom stereocenters. The topological polar surface area (TPSA) is 195 Å². The molecule has 0 aliphatic rings. The third-order valence-electron chi connectivity index (χ3n) is 0.716. The van der Waals surface area contributed by atoms with Gasteiger partial charge in [-0.2, -0.15) is 0 Å². The van der Waals surface area contributed by atoms with Crippen molar-refractivity contribution in [1.82, 2.24) is 0 Å². The quantitative estimate of drug-likeness (QED) is 0.317. The SMILES string of the molecule is [N-]=[N+]=NC(N=[N+]=[N-])(N=[N+]=[N-])N=[N+]=[N-].[Pd]. The molecule has 0 aliphatic carbocycles. The van der Waals surface area contributed by atoms with Crippen molar-refractivity contribution in [3.8, 4) is 0 Å². The Morgan fingerprint density at radius 3 is 1.00 bits per heavy atom. The zero-order valence-electron chi connectivity index (χ0n) is 6.18. The fourth-order valence-electron chi connectivity index (χ4n) is 0.360. The Bertz CT molecular complexity index is 290. The van der Waals surface area contributed by atoms with Gasteiger partial charge in [0, 0.05) is 40.1 Å². The van der Waals surface area contributed by atoms with Crippen LogP contribution in [0.15, 0.2) is 20.5 Å². The van der Waals surface area contributed by atoms with Crippen LogP contribution in [0.5, 0.6) is 0 Å². The molecule has 0 fully saturated rings. The average molecular weight is 287 g/mol. The molecule has 0 bridgehead atoms. The van der Waals surface area contributed by atoms with Gasteiger partial charge >= 0.3 is 0 Å². The fraction of sp³-hybridized carbons (Fsp3) is 1.00. The van der Waals surface area contributed by atoms with Crippen LogP contribution in [0.4, 0.5) is 0 Å².